The molecule has 0 unspecified atom stereocenters. The van der Waals surface area contributed by atoms with Crippen LogP contribution in [-0.4, -0.2) is 32.5 Å². The fraction of sp³-hybridized carbons (Fsp3) is 0.889. The van der Waals surface area contributed by atoms with Crippen LogP contribution in [0, 0.1) is 5.41 Å². The first kappa shape index (κ1) is 16.0. The molecule has 0 atom stereocenters. The second-order valence-electron chi connectivity index (χ2n) is 4.03. The molecule has 0 aromatic carbocycles. The maximum absolute atomic E-state index is 11.6. The minimum absolute atomic E-state index is 0.192. The summed E-state index contributed by atoms with van der Waals surface area (Å²) < 4.78 is 26.0. The van der Waals surface area contributed by atoms with Gasteiger partial charge in [0.15, 0.2) is 0 Å². The minimum atomic E-state index is -3.06. The first-order valence-electron chi connectivity index (χ1n) is 4.78. The summed E-state index contributed by atoms with van der Waals surface area (Å²) in [5, 5.41) is 0. The van der Waals surface area contributed by atoms with E-state index in [0.717, 1.165) is 11.4 Å². The van der Waals surface area contributed by atoms with Crippen LogP contribution in [0.2, 0.25) is 0 Å². The van der Waals surface area contributed by atoms with E-state index in [1.54, 1.807) is 20.8 Å². The molecule has 0 fully saturated rings. The molecule has 0 aromatic rings. The molecule has 0 saturated carbocycles. The van der Waals surface area contributed by atoms with E-state index in [1.807, 2.05) is 0 Å². The summed E-state index contributed by atoms with van der Waals surface area (Å²) in [6.45, 7) is 2.46. The van der Waals surface area contributed by atoms with Gasteiger partial charge in [0.2, 0.25) is 0 Å². The zero-order chi connectivity index (χ0) is 12.8. The smallest absolute Gasteiger partial charge is 0.388 e. The Balaban J connectivity index is 3.86. The van der Waals surface area contributed by atoms with Crippen molar-refractivity contribution in [2.45, 2.75) is 20.8 Å². The van der Waals surface area contributed by atoms with Gasteiger partial charge in [-0.1, -0.05) is 0 Å². The van der Waals surface area contributed by atoms with Gasteiger partial charge in [-0.2, -0.15) is 0 Å². The maximum atomic E-state index is 11.6. The molecule has 0 heterocycles. The molecular formula is C9H19O5PS. The first-order chi connectivity index (χ1) is 7.25. The van der Waals surface area contributed by atoms with Crippen molar-refractivity contribution in [3.8, 4) is 0 Å². The predicted molar refractivity (Wildman–Crippen MR) is 64.5 cm³/mol. The van der Waals surface area contributed by atoms with Gasteiger partial charge in [0.05, 0.1) is 5.41 Å². The van der Waals surface area contributed by atoms with E-state index < -0.39 is 12.2 Å². The Bertz CT molecular complexity index is 266. The molecule has 0 amide bonds. The normalized spacial score (nSPS) is 12.6. The number of carbonyl (C=O) groups excluding carboxylic acids is 1. The molecule has 0 aliphatic carbocycles. The lowest BCUT2D eigenvalue weighted by molar-refractivity contribution is -0.152. The summed E-state index contributed by atoms with van der Waals surface area (Å²) in [6.07, 6.45) is 0. The summed E-state index contributed by atoms with van der Waals surface area (Å²) in [7, 11) is 2.64. The van der Waals surface area contributed by atoms with Crippen molar-refractivity contribution >= 4 is 24.1 Å². The van der Waals surface area contributed by atoms with Gasteiger partial charge >= 0.3 is 12.8 Å². The molecule has 5 nitrogen and oxygen atoms in total. The highest BCUT2D eigenvalue weighted by Gasteiger charge is 2.24. The third-order valence-electron chi connectivity index (χ3n) is 1.63. The second kappa shape index (κ2) is 6.64. The van der Waals surface area contributed by atoms with Gasteiger partial charge in [-0.15, -0.1) is 0 Å². The SMILES string of the molecule is COP(=O)(OC)SCCOC(=O)C(C)(C)C. The Morgan fingerprint density at radius 3 is 2.12 bits per heavy atom. The second-order valence-corrected chi connectivity index (χ2v) is 8.44. The fourth-order valence-corrected chi connectivity index (χ4v) is 2.95. The molecular weight excluding hydrogens is 251 g/mol. The van der Waals surface area contributed by atoms with Gasteiger partial charge in [0.1, 0.15) is 6.61 Å². The fourth-order valence-electron chi connectivity index (χ4n) is 0.680. The van der Waals surface area contributed by atoms with Crippen LogP contribution in [-0.2, 0) is 23.1 Å². The average Bonchev–Trinajstić information content (AvgIpc) is 2.22. The van der Waals surface area contributed by atoms with Crippen LogP contribution >= 0.6 is 18.2 Å². The van der Waals surface area contributed by atoms with E-state index in [4.69, 9.17) is 13.8 Å². The number of esters is 1. The van der Waals surface area contributed by atoms with Crippen molar-refractivity contribution in [3.05, 3.63) is 0 Å². The van der Waals surface area contributed by atoms with Crippen LogP contribution in [0.3, 0.4) is 0 Å². The third kappa shape index (κ3) is 5.89. The molecule has 0 spiro atoms. The van der Waals surface area contributed by atoms with Crippen molar-refractivity contribution < 1.29 is 23.1 Å². The van der Waals surface area contributed by atoms with E-state index in [9.17, 15) is 9.36 Å². The van der Waals surface area contributed by atoms with Crippen LogP contribution in [0.25, 0.3) is 0 Å². The molecule has 0 N–H and O–H groups in total. The standard InChI is InChI=1S/C9H19O5PS/c1-9(2,3)8(10)14-6-7-16-15(11,12-4)13-5/h6-7H2,1-5H3. The Morgan fingerprint density at radius 2 is 1.75 bits per heavy atom. The van der Waals surface area contributed by atoms with Crippen molar-refractivity contribution in [1.29, 1.82) is 0 Å². The van der Waals surface area contributed by atoms with Crippen LogP contribution < -0.4 is 0 Å². The van der Waals surface area contributed by atoms with Gasteiger partial charge in [0.25, 0.3) is 0 Å². The summed E-state index contributed by atoms with van der Waals surface area (Å²) in [6, 6.07) is 0. The van der Waals surface area contributed by atoms with Crippen LogP contribution in [0.4, 0.5) is 0 Å². The Labute approximate surface area is 100 Å². The van der Waals surface area contributed by atoms with Gasteiger partial charge in [-0.25, -0.2) is 4.57 Å². The number of rotatable bonds is 6. The van der Waals surface area contributed by atoms with Crippen molar-refractivity contribution in [2.24, 2.45) is 5.41 Å². The van der Waals surface area contributed by atoms with E-state index in [2.05, 4.69) is 0 Å². The van der Waals surface area contributed by atoms with Crippen LogP contribution in [0.15, 0.2) is 0 Å². The Hall–Kier alpha value is -0.0300. The van der Waals surface area contributed by atoms with Gasteiger partial charge in [-0.05, 0) is 32.2 Å². The van der Waals surface area contributed by atoms with Gasteiger partial charge < -0.3 is 13.8 Å². The molecule has 16 heavy (non-hydrogen) atoms. The van der Waals surface area contributed by atoms with E-state index >= 15 is 0 Å². The lowest BCUT2D eigenvalue weighted by atomic mass is 9.97. The summed E-state index contributed by atoms with van der Waals surface area (Å²) in [4.78, 5) is 11.4. The summed E-state index contributed by atoms with van der Waals surface area (Å²) in [5.74, 6) is 0.0959. The molecule has 96 valence electrons. The van der Waals surface area contributed by atoms with Gasteiger partial charge in [0, 0.05) is 20.0 Å². The molecule has 0 radical (unpaired) electrons. The quantitative estimate of drug-likeness (QED) is 0.420. The first-order valence-corrected chi connectivity index (χ1v) is 7.92. The summed E-state index contributed by atoms with van der Waals surface area (Å²) >= 11 is 1.01. The highest BCUT2D eigenvalue weighted by atomic mass is 32.7. The molecule has 0 aromatic heterocycles. The predicted octanol–water partition coefficient (Wildman–Crippen LogP) is 2.71. The number of carbonyl (C=O) groups is 1. The Morgan fingerprint density at radius 1 is 1.25 bits per heavy atom. The number of ether oxygens (including phenoxy) is 1. The Kier molecular flexibility index (Phi) is 6.63. The molecule has 0 bridgehead atoms. The van der Waals surface area contributed by atoms with Gasteiger partial charge in [-0.3, -0.25) is 4.79 Å². The minimum Gasteiger partial charge on any atom is -0.464 e. The molecule has 7 heteroatoms. The zero-order valence-corrected chi connectivity index (χ0v) is 12.0. The molecule has 0 aliphatic heterocycles. The summed E-state index contributed by atoms with van der Waals surface area (Å²) in [5.41, 5.74) is -0.517. The molecule has 0 saturated heterocycles. The maximum Gasteiger partial charge on any atom is 0.388 e. The van der Waals surface area contributed by atoms with Crippen molar-refractivity contribution in [2.75, 3.05) is 26.6 Å². The van der Waals surface area contributed by atoms with Crippen molar-refractivity contribution in [3.63, 3.8) is 0 Å². The zero-order valence-electron chi connectivity index (χ0n) is 10.3. The van der Waals surface area contributed by atoms with Crippen LogP contribution in [0.5, 0.6) is 0 Å². The van der Waals surface area contributed by atoms with Crippen molar-refractivity contribution in [1.82, 2.24) is 0 Å². The van der Waals surface area contributed by atoms with E-state index in [-0.39, 0.29) is 12.6 Å². The van der Waals surface area contributed by atoms with E-state index in [1.165, 1.54) is 14.2 Å². The highest BCUT2D eigenvalue weighted by Crippen LogP contribution is 2.59. The lowest BCUT2D eigenvalue weighted by Crippen LogP contribution is -2.23. The topological polar surface area (TPSA) is 61.8 Å². The average molecular weight is 270 g/mol. The highest BCUT2D eigenvalue weighted by molar-refractivity contribution is 8.55. The largest absolute Gasteiger partial charge is 0.464 e. The third-order valence-corrected chi connectivity index (χ3v) is 5.58. The lowest BCUT2D eigenvalue weighted by Gasteiger charge is -2.17. The molecule has 0 rings (SSSR count). The monoisotopic (exact) mass is 270 g/mol. The van der Waals surface area contributed by atoms with Crippen LogP contribution in [0.1, 0.15) is 20.8 Å². The van der Waals surface area contributed by atoms with E-state index in [0.29, 0.717) is 5.75 Å². The molecule has 0 aliphatic rings. The number of hydrogen-bond donors (Lipinski definition) is 0. The number of hydrogen-bond acceptors (Lipinski definition) is 6.